The van der Waals surface area contributed by atoms with Gasteiger partial charge in [-0.05, 0) is 42.5 Å². The Hall–Kier alpha value is -3.20. The van der Waals surface area contributed by atoms with E-state index < -0.39 is 11.8 Å². The molecule has 0 aliphatic carbocycles. The molecule has 0 aliphatic rings. The average Bonchev–Trinajstić information content (AvgIpc) is 2.67. The van der Waals surface area contributed by atoms with Crippen LogP contribution in [0.4, 0.5) is 33.1 Å². The summed E-state index contributed by atoms with van der Waals surface area (Å²) in [6.45, 7) is 0. The minimum atomic E-state index is -0.449. The molecular formula is C18H15BrFN5O2. The molecule has 0 radical (unpaired) electrons. The number of anilines is 5. The van der Waals surface area contributed by atoms with Crippen LogP contribution >= 0.6 is 15.9 Å². The van der Waals surface area contributed by atoms with Gasteiger partial charge in [0.05, 0.1) is 18.4 Å². The molecule has 0 saturated heterocycles. The molecule has 27 heavy (non-hydrogen) atoms. The third kappa shape index (κ3) is 4.32. The number of benzene rings is 2. The highest BCUT2D eigenvalue weighted by Crippen LogP contribution is 2.29. The van der Waals surface area contributed by atoms with Crippen LogP contribution in [-0.2, 0) is 4.74 Å². The summed E-state index contributed by atoms with van der Waals surface area (Å²) in [5, 5.41) is 5.89. The van der Waals surface area contributed by atoms with Crippen LogP contribution in [-0.4, -0.2) is 23.0 Å². The molecule has 0 spiro atoms. The number of aromatic nitrogens is 2. The van der Waals surface area contributed by atoms with Crippen molar-refractivity contribution in [3.05, 3.63) is 64.6 Å². The van der Waals surface area contributed by atoms with Crippen molar-refractivity contribution in [2.24, 2.45) is 0 Å². The number of rotatable bonds is 5. The Balaban J connectivity index is 1.81. The average molecular weight is 432 g/mol. The second-order valence-corrected chi connectivity index (χ2v) is 6.34. The monoisotopic (exact) mass is 431 g/mol. The normalized spacial score (nSPS) is 10.3. The summed E-state index contributed by atoms with van der Waals surface area (Å²) < 4.78 is 19.3. The van der Waals surface area contributed by atoms with E-state index in [0.29, 0.717) is 21.5 Å². The molecule has 0 aliphatic heterocycles. The first-order valence-electron chi connectivity index (χ1n) is 7.76. The largest absolute Gasteiger partial charge is 0.465 e. The number of carbonyl (C=O) groups excluding carboxylic acids is 1. The highest BCUT2D eigenvalue weighted by molar-refractivity contribution is 9.10. The number of carbonyl (C=O) groups is 1. The smallest absolute Gasteiger partial charge is 0.337 e. The van der Waals surface area contributed by atoms with E-state index in [1.807, 2.05) is 0 Å². The second-order valence-electron chi connectivity index (χ2n) is 5.43. The maximum Gasteiger partial charge on any atom is 0.337 e. The number of nitrogens with two attached hydrogens (primary N) is 1. The molecule has 0 unspecified atom stereocenters. The molecule has 3 rings (SSSR count). The first-order chi connectivity index (χ1) is 13.0. The minimum Gasteiger partial charge on any atom is -0.465 e. The number of methoxy groups -OCH3 is 1. The fourth-order valence-electron chi connectivity index (χ4n) is 2.26. The van der Waals surface area contributed by atoms with Crippen molar-refractivity contribution in [1.29, 1.82) is 0 Å². The first-order valence-corrected chi connectivity index (χ1v) is 8.55. The van der Waals surface area contributed by atoms with Gasteiger partial charge in [-0.2, -0.15) is 0 Å². The van der Waals surface area contributed by atoms with Gasteiger partial charge in [0, 0.05) is 10.2 Å². The molecule has 0 saturated carbocycles. The van der Waals surface area contributed by atoms with E-state index in [-0.39, 0.29) is 17.2 Å². The van der Waals surface area contributed by atoms with Crippen LogP contribution in [0.5, 0.6) is 0 Å². The van der Waals surface area contributed by atoms with Crippen molar-refractivity contribution >= 4 is 50.6 Å². The first kappa shape index (κ1) is 18.6. The van der Waals surface area contributed by atoms with Crippen LogP contribution < -0.4 is 16.4 Å². The van der Waals surface area contributed by atoms with Crippen molar-refractivity contribution in [2.75, 3.05) is 23.5 Å². The maximum atomic E-state index is 14.0. The zero-order valence-electron chi connectivity index (χ0n) is 14.2. The number of ether oxygens (including phenoxy) is 1. The summed E-state index contributed by atoms with van der Waals surface area (Å²) in [6.07, 6.45) is 1.31. The number of halogens is 2. The van der Waals surface area contributed by atoms with Gasteiger partial charge in [-0.3, -0.25) is 0 Å². The van der Waals surface area contributed by atoms with E-state index in [0.717, 1.165) is 0 Å². The van der Waals surface area contributed by atoms with Gasteiger partial charge in [0.25, 0.3) is 0 Å². The molecule has 138 valence electrons. The van der Waals surface area contributed by atoms with Gasteiger partial charge in [-0.15, -0.1) is 0 Å². The zero-order valence-corrected chi connectivity index (χ0v) is 15.7. The number of nitrogen functional groups attached to an aromatic ring is 1. The van der Waals surface area contributed by atoms with Gasteiger partial charge in [0.15, 0.2) is 11.6 Å². The van der Waals surface area contributed by atoms with Crippen LogP contribution in [0, 0.1) is 5.82 Å². The Kier molecular flexibility index (Phi) is 5.51. The van der Waals surface area contributed by atoms with E-state index in [2.05, 4.69) is 41.3 Å². The molecule has 0 bridgehead atoms. The third-order valence-corrected chi connectivity index (χ3v) is 4.13. The maximum absolute atomic E-state index is 14.0. The summed E-state index contributed by atoms with van der Waals surface area (Å²) >= 11 is 3.21. The van der Waals surface area contributed by atoms with E-state index in [1.54, 1.807) is 36.4 Å². The van der Waals surface area contributed by atoms with E-state index in [1.165, 1.54) is 19.5 Å². The molecule has 3 aromatic rings. The zero-order chi connectivity index (χ0) is 19.4. The van der Waals surface area contributed by atoms with Gasteiger partial charge in [-0.25, -0.2) is 19.2 Å². The quantitative estimate of drug-likeness (QED) is 0.519. The number of esters is 1. The van der Waals surface area contributed by atoms with E-state index >= 15 is 0 Å². The van der Waals surface area contributed by atoms with Gasteiger partial charge in [0.2, 0.25) is 0 Å². The summed E-state index contributed by atoms with van der Waals surface area (Å²) in [5.41, 5.74) is 7.64. The number of nitrogens with one attached hydrogen (secondary N) is 2. The molecule has 4 N–H and O–H groups in total. The van der Waals surface area contributed by atoms with Crippen LogP contribution in [0.15, 0.2) is 53.3 Å². The Bertz CT molecular complexity index is 982. The molecular weight excluding hydrogens is 417 g/mol. The van der Waals surface area contributed by atoms with Crippen molar-refractivity contribution < 1.29 is 13.9 Å². The molecule has 0 atom stereocenters. The van der Waals surface area contributed by atoms with Crippen LogP contribution in [0.25, 0.3) is 0 Å². The molecule has 1 heterocycles. The molecule has 7 nitrogen and oxygen atoms in total. The van der Waals surface area contributed by atoms with Crippen molar-refractivity contribution in [3.63, 3.8) is 0 Å². The van der Waals surface area contributed by atoms with Crippen LogP contribution in [0.1, 0.15) is 10.4 Å². The van der Waals surface area contributed by atoms with Crippen LogP contribution in [0.3, 0.4) is 0 Å². The lowest BCUT2D eigenvalue weighted by molar-refractivity contribution is 0.0601. The van der Waals surface area contributed by atoms with Gasteiger partial charge in [-0.1, -0.05) is 15.9 Å². The van der Waals surface area contributed by atoms with Crippen molar-refractivity contribution in [1.82, 2.24) is 9.97 Å². The Morgan fingerprint density at radius 1 is 1.11 bits per heavy atom. The molecule has 0 fully saturated rings. The Morgan fingerprint density at radius 3 is 2.41 bits per heavy atom. The van der Waals surface area contributed by atoms with Crippen LogP contribution in [0.2, 0.25) is 0 Å². The predicted octanol–water partition coefficient (Wildman–Crippen LogP) is 4.23. The van der Waals surface area contributed by atoms with Crippen molar-refractivity contribution in [2.45, 2.75) is 0 Å². The third-order valence-electron chi connectivity index (χ3n) is 3.64. The summed E-state index contributed by atoms with van der Waals surface area (Å²) in [6, 6.07) is 11.2. The van der Waals surface area contributed by atoms with Gasteiger partial charge in [0.1, 0.15) is 17.8 Å². The summed E-state index contributed by atoms with van der Waals surface area (Å²) in [5.74, 6) is -0.267. The molecule has 1 aromatic heterocycles. The van der Waals surface area contributed by atoms with E-state index in [4.69, 9.17) is 5.73 Å². The highest BCUT2D eigenvalue weighted by atomic mass is 79.9. The lowest BCUT2D eigenvalue weighted by atomic mass is 10.2. The second kappa shape index (κ2) is 8.00. The lowest BCUT2D eigenvalue weighted by Gasteiger charge is -2.13. The van der Waals surface area contributed by atoms with Crippen molar-refractivity contribution in [3.8, 4) is 0 Å². The molecule has 9 heteroatoms. The lowest BCUT2D eigenvalue weighted by Crippen LogP contribution is -2.06. The topological polar surface area (TPSA) is 102 Å². The number of nitrogens with zero attached hydrogens (tertiary/aromatic N) is 2. The van der Waals surface area contributed by atoms with Gasteiger partial charge < -0.3 is 21.1 Å². The number of hydrogen-bond acceptors (Lipinski definition) is 7. The number of hydrogen-bond donors (Lipinski definition) is 3. The fourth-order valence-corrected chi connectivity index (χ4v) is 2.59. The standard InChI is InChI=1S/C18H15BrFN5O2/c1-27-18(26)10-2-5-12(6-3-10)24-16-15(21)17(23-9-22-16)25-14-7-4-11(19)8-13(14)20/h2-9H,21H2,1H3,(H2,22,23,24,25). The Labute approximate surface area is 162 Å². The molecule has 2 aromatic carbocycles. The minimum absolute atomic E-state index is 0.219. The highest BCUT2D eigenvalue weighted by Gasteiger charge is 2.12. The fraction of sp³-hybridized carbons (Fsp3) is 0.0556. The van der Waals surface area contributed by atoms with E-state index in [9.17, 15) is 9.18 Å². The molecule has 0 amide bonds. The predicted molar refractivity (Wildman–Crippen MR) is 105 cm³/mol. The Morgan fingerprint density at radius 2 is 1.78 bits per heavy atom. The SMILES string of the molecule is COC(=O)c1ccc(Nc2ncnc(Nc3ccc(Br)cc3F)c2N)cc1. The summed E-state index contributed by atoms with van der Waals surface area (Å²) in [7, 11) is 1.32. The van der Waals surface area contributed by atoms with Gasteiger partial charge >= 0.3 is 5.97 Å². The summed E-state index contributed by atoms with van der Waals surface area (Å²) in [4.78, 5) is 19.6.